The lowest BCUT2D eigenvalue weighted by atomic mass is 10.2. The van der Waals surface area contributed by atoms with Crippen molar-refractivity contribution in [2.75, 3.05) is 0 Å². The molecule has 21 heavy (non-hydrogen) atoms. The van der Waals surface area contributed by atoms with Gasteiger partial charge in [-0.2, -0.15) is 5.10 Å². The largest absolute Gasteiger partial charge is 0.306 e. The predicted octanol–water partition coefficient (Wildman–Crippen LogP) is 4.03. The number of hydrogen-bond acceptors (Lipinski definition) is 4. The molecule has 0 unspecified atom stereocenters. The van der Waals surface area contributed by atoms with Gasteiger partial charge in [-0.05, 0) is 18.2 Å². The Hall–Kier alpha value is -2.11. The van der Waals surface area contributed by atoms with Crippen molar-refractivity contribution in [1.29, 1.82) is 0 Å². The first kappa shape index (κ1) is 15.3. The number of rotatable bonds is 5. The molecule has 0 bridgehead atoms. The van der Waals surface area contributed by atoms with E-state index in [1.54, 1.807) is 36.4 Å². The van der Waals surface area contributed by atoms with Crippen LogP contribution in [-0.4, -0.2) is 11.1 Å². The Kier molecular flexibility index (Phi) is 5.14. The number of halogens is 2. The number of nitro benzene ring substituents is 1. The summed E-state index contributed by atoms with van der Waals surface area (Å²) in [5, 5.41) is 15.9. The van der Waals surface area contributed by atoms with Crippen LogP contribution in [0.4, 0.5) is 5.69 Å². The maximum atomic E-state index is 10.9. The molecule has 7 heteroatoms. The fraction of sp³-hybridized carbons (Fsp3) is 0.0714. The molecule has 5 nitrogen and oxygen atoms in total. The third kappa shape index (κ3) is 3.93. The number of nitrogens with zero attached hydrogens (tertiary/aromatic N) is 2. The van der Waals surface area contributed by atoms with Gasteiger partial charge in [0, 0.05) is 21.7 Å². The van der Waals surface area contributed by atoms with Crippen LogP contribution in [0.3, 0.4) is 0 Å². The van der Waals surface area contributed by atoms with E-state index in [2.05, 4.69) is 10.5 Å². The average Bonchev–Trinajstić information content (AvgIpc) is 2.46. The summed E-state index contributed by atoms with van der Waals surface area (Å²) in [6, 6.07) is 11.6. The van der Waals surface area contributed by atoms with Gasteiger partial charge in [-0.3, -0.25) is 10.1 Å². The van der Waals surface area contributed by atoms with Crippen molar-refractivity contribution in [2.24, 2.45) is 5.10 Å². The van der Waals surface area contributed by atoms with E-state index in [-0.39, 0.29) is 5.69 Å². The summed E-state index contributed by atoms with van der Waals surface area (Å²) in [6.45, 7) is 0.329. The summed E-state index contributed by atoms with van der Waals surface area (Å²) in [4.78, 5) is 10.4. The van der Waals surface area contributed by atoms with Crippen LogP contribution in [0.5, 0.6) is 0 Å². The second-order valence-corrected chi connectivity index (χ2v) is 4.92. The van der Waals surface area contributed by atoms with Gasteiger partial charge in [0.1, 0.15) is 0 Å². The third-order valence-electron chi connectivity index (χ3n) is 2.75. The van der Waals surface area contributed by atoms with Crippen LogP contribution in [-0.2, 0) is 6.54 Å². The van der Waals surface area contributed by atoms with Gasteiger partial charge in [-0.15, -0.1) is 0 Å². The summed E-state index contributed by atoms with van der Waals surface area (Å²) < 4.78 is 0. The maximum Gasteiger partial charge on any atom is 0.278 e. The van der Waals surface area contributed by atoms with Gasteiger partial charge in [-0.25, -0.2) is 0 Å². The van der Waals surface area contributed by atoms with E-state index < -0.39 is 4.92 Å². The lowest BCUT2D eigenvalue weighted by molar-refractivity contribution is -0.385. The van der Waals surface area contributed by atoms with Crippen LogP contribution in [0, 0.1) is 10.1 Å². The second-order valence-electron chi connectivity index (χ2n) is 4.11. The lowest BCUT2D eigenvalue weighted by Gasteiger charge is -2.05. The molecule has 0 aromatic heterocycles. The Labute approximate surface area is 131 Å². The minimum atomic E-state index is -0.452. The minimum absolute atomic E-state index is 0.00109. The monoisotopic (exact) mass is 323 g/mol. The molecule has 0 aliphatic carbocycles. The zero-order valence-electron chi connectivity index (χ0n) is 10.8. The van der Waals surface area contributed by atoms with E-state index in [1.165, 1.54) is 12.3 Å². The van der Waals surface area contributed by atoms with E-state index in [0.29, 0.717) is 22.2 Å². The zero-order chi connectivity index (χ0) is 15.2. The molecule has 0 spiro atoms. The van der Waals surface area contributed by atoms with Crippen molar-refractivity contribution in [3.05, 3.63) is 73.8 Å². The number of para-hydroxylation sites is 1. The average molecular weight is 324 g/mol. The van der Waals surface area contributed by atoms with Crippen molar-refractivity contribution in [3.8, 4) is 0 Å². The highest BCUT2D eigenvalue weighted by Gasteiger charge is 2.09. The lowest BCUT2D eigenvalue weighted by Crippen LogP contribution is -2.07. The van der Waals surface area contributed by atoms with Crippen molar-refractivity contribution in [2.45, 2.75) is 6.54 Å². The maximum absolute atomic E-state index is 10.9. The molecule has 0 fully saturated rings. The van der Waals surface area contributed by atoms with E-state index in [4.69, 9.17) is 23.2 Å². The summed E-state index contributed by atoms with van der Waals surface area (Å²) in [5.74, 6) is 0. The molecular weight excluding hydrogens is 313 g/mol. The second kappa shape index (κ2) is 7.06. The standard InChI is InChI=1S/C14H11Cl2N3O2/c15-12-5-3-6-13(16)11(12)9-18-17-8-10-4-1-2-7-14(10)19(20)21/h1-8,18H,9H2/b17-8+. The molecule has 2 aromatic rings. The van der Waals surface area contributed by atoms with Crippen molar-refractivity contribution >= 4 is 35.1 Å². The Morgan fingerprint density at radius 3 is 2.48 bits per heavy atom. The highest BCUT2D eigenvalue weighted by Crippen LogP contribution is 2.23. The summed E-state index contributed by atoms with van der Waals surface area (Å²) in [6.07, 6.45) is 1.39. The van der Waals surface area contributed by atoms with Crippen LogP contribution in [0.25, 0.3) is 0 Å². The summed E-state index contributed by atoms with van der Waals surface area (Å²) in [7, 11) is 0. The van der Waals surface area contributed by atoms with Crippen molar-refractivity contribution in [1.82, 2.24) is 5.43 Å². The van der Waals surface area contributed by atoms with Crippen LogP contribution in [0.2, 0.25) is 10.0 Å². The summed E-state index contributed by atoms with van der Waals surface area (Å²) in [5.41, 5.74) is 3.91. The van der Waals surface area contributed by atoms with E-state index in [0.717, 1.165) is 5.56 Å². The van der Waals surface area contributed by atoms with E-state index in [9.17, 15) is 10.1 Å². The molecule has 2 aromatic carbocycles. The first-order valence-corrected chi connectivity index (χ1v) is 6.77. The fourth-order valence-corrected chi connectivity index (χ4v) is 2.24. The predicted molar refractivity (Wildman–Crippen MR) is 84.0 cm³/mol. The van der Waals surface area contributed by atoms with Gasteiger partial charge in [0.2, 0.25) is 0 Å². The number of hydrazone groups is 1. The molecule has 0 radical (unpaired) electrons. The van der Waals surface area contributed by atoms with E-state index >= 15 is 0 Å². The van der Waals surface area contributed by atoms with Crippen LogP contribution in [0.1, 0.15) is 11.1 Å². The molecule has 0 amide bonds. The quantitative estimate of drug-likeness (QED) is 0.513. The van der Waals surface area contributed by atoms with Crippen LogP contribution >= 0.6 is 23.2 Å². The highest BCUT2D eigenvalue weighted by atomic mass is 35.5. The number of nitro groups is 1. The molecule has 0 heterocycles. The smallest absolute Gasteiger partial charge is 0.278 e. The first-order chi connectivity index (χ1) is 10.1. The third-order valence-corrected chi connectivity index (χ3v) is 3.45. The van der Waals surface area contributed by atoms with Gasteiger partial charge in [-0.1, -0.05) is 41.4 Å². The molecule has 1 N–H and O–H groups in total. The Morgan fingerprint density at radius 1 is 1.14 bits per heavy atom. The van der Waals surface area contributed by atoms with Gasteiger partial charge in [0.15, 0.2) is 0 Å². The van der Waals surface area contributed by atoms with Gasteiger partial charge < -0.3 is 5.43 Å². The molecule has 108 valence electrons. The fourth-order valence-electron chi connectivity index (χ4n) is 1.70. The molecular formula is C14H11Cl2N3O2. The molecule has 2 rings (SSSR count). The van der Waals surface area contributed by atoms with E-state index in [1.807, 2.05) is 0 Å². The van der Waals surface area contributed by atoms with Crippen molar-refractivity contribution in [3.63, 3.8) is 0 Å². The molecule has 0 saturated heterocycles. The molecule has 0 aliphatic rings. The van der Waals surface area contributed by atoms with Gasteiger partial charge in [0.25, 0.3) is 5.69 Å². The Balaban J connectivity index is 2.06. The van der Waals surface area contributed by atoms with Gasteiger partial charge in [0.05, 0.1) is 23.2 Å². The number of benzene rings is 2. The first-order valence-electron chi connectivity index (χ1n) is 6.02. The number of hydrogen-bond donors (Lipinski definition) is 1. The van der Waals surface area contributed by atoms with Crippen molar-refractivity contribution < 1.29 is 4.92 Å². The SMILES string of the molecule is O=[N+]([O-])c1ccccc1/C=N/NCc1c(Cl)cccc1Cl. The normalized spacial score (nSPS) is 10.8. The highest BCUT2D eigenvalue weighted by molar-refractivity contribution is 6.35. The molecule has 0 saturated carbocycles. The minimum Gasteiger partial charge on any atom is -0.306 e. The zero-order valence-corrected chi connectivity index (χ0v) is 12.3. The summed E-state index contributed by atoms with van der Waals surface area (Å²) >= 11 is 12.1. The Morgan fingerprint density at radius 2 is 1.81 bits per heavy atom. The molecule has 0 atom stereocenters. The van der Waals surface area contributed by atoms with Crippen LogP contribution < -0.4 is 5.43 Å². The van der Waals surface area contributed by atoms with Crippen LogP contribution in [0.15, 0.2) is 47.6 Å². The molecule has 0 aliphatic heterocycles. The van der Waals surface area contributed by atoms with Gasteiger partial charge >= 0.3 is 0 Å². The Bertz CT molecular complexity index is 669. The topological polar surface area (TPSA) is 67.5 Å². The number of nitrogens with one attached hydrogen (secondary N) is 1.